The number of methoxy groups -OCH3 is 1. The van der Waals surface area contributed by atoms with Gasteiger partial charge in [0.1, 0.15) is 4.88 Å². The van der Waals surface area contributed by atoms with Crippen LogP contribution in [0.1, 0.15) is 9.67 Å². The van der Waals surface area contributed by atoms with Gasteiger partial charge in [-0.25, -0.2) is 4.79 Å². The van der Waals surface area contributed by atoms with Crippen LogP contribution in [0.25, 0.3) is 0 Å². The molecule has 2 aromatic rings. The summed E-state index contributed by atoms with van der Waals surface area (Å²) in [5, 5.41) is 4.41. The lowest BCUT2D eigenvalue weighted by Crippen LogP contribution is -2.15. The van der Waals surface area contributed by atoms with E-state index in [1.807, 2.05) is 0 Å². The predicted molar refractivity (Wildman–Crippen MR) is 83.7 cm³/mol. The SMILES string of the molecule is COC(=O)c1sccc1NC(=O)CSc1ccncc1N. The van der Waals surface area contributed by atoms with Gasteiger partial charge in [0.25, 0.3) is 0 Å². The van der Waals surface area contributed by atoms with Crippen LogP contribution in [-0.4, -0.2) is 29.7 Å². The molecule has 0 bridgehead atoms. The Kier molecular flexibility index (Phi) is 5.18. The first-order chi connectivity index (χ1) is 10.1. The highest BCUT2D eigenvalue weighted by Crippen LogP contribution is 2.25. The Bertz CT molecular complexity index is 658. The molecule has 0 spiro atoms. The molecular weight excluding hydrogens is 310 g/mol. The summed E-state index contributed by atoms with van der Waals surface area (Å²) < 4.78 is 4.65. The summed E-state index contributed by atoms with van der Waals surface area (Å²) in [6.07, 6.45) is 3.15. The molecule has 8 heteroatoms. The van der Waals surface area contributed by atoms with Crippen molar-refractivity contribution in [3.63, 3.8) is 0 Å². The van der Waals surface area contributed by atoms with Crippen LogP contribution in [0, 0.1) is 0 Å². The maximum Gasteiger partial charge on any atom is 0.350 e. The number of pyridine rings is 1. The van der Waals surface area contributed by atoms with Gasteiger partial charge in [0, 0.05) is 11.1 Å². The standard InChI is InChI=1S/C13H13N3O3S2/c1-19-13(18)12-9(3-5-20-12)16-11(17)7-21-10-2-4-15-6-8(10)14/h2-6H,7,14H2,1H3,(H,16,17). The number of aromatic nitrogens is 1. The molecule has 0 unspecified atom stereocenters. The van der Waals surface area contributed by atoms with E-state index in [0.717, 1.165) is 4.90 Å². The first kappa shape index (κ1) is 15.3. The number of rotatable bonds is 5. The van der Waals surface area contributed by atoms with Crippen molar-refractivity contribution in [1.82, 2.24) is 4.98 Å². The van der Waals surface area contributed by atoms with Crippen molar-refractivity contribution in [3.05, 3.63) is 34.8 Å². The van der Waals surface area contributed by atoms with E-state index in [0.29, 0.717) is 16.3 Å². The molecule has 110 valence electrons. The fraction of sp³-hybridized carbons (Fsp3) is 0.154. The van der Waals surface area contributed by atoms with Gasteiger partial charge in [-0.2, -0.15) is 0 Å². The van der Waals surface area contributed by atoms with E-state index >= 15 is 0 Å². The van der Waals surface area contributed by atoms with Crippen LogP contribution in [0.2, 0.25) is 0 Å². The molecule has 0 saturated carbocycles. The number of hydrogen-bond donors (Lipinski definition) is 2. The van der Waals surface area contributed by atoms with E-state index in [4.69, 9.17) is 5.73 Å². The molecule has 21 heavy (non-hydrogen) atoms. The van der Waals surface area contributed by atoms with Crippen LogP contribution in [-0.2, 0) is 9.53 Å². The number of nitrogens with two attached hydrogens (primary N) is 1. The largest absolute Gasteiger partial charge is 0.465 e. The van der Waals surface area contributed by atoms with Crippen molar-refractivity contribution in [2.24, 2.45) is 0 Å². The van der Waals surface area contributed by atoms with Crippen molar-refractivity contribution in [2.45, 2.75) is 4.90 Å². The molecule has 2 aromatic heterocycles. The summed E-state index contributed by atoms with van der Waals surface area (Å²) in [5.74, 6) is -0.504. The highest BCUT2D eigenvalue weighted by molar-refractivity contribution is 8.00. The van der Waals surface area contributed by atoms with E-state index in [9.17, 15) is 9.59 Å². The molecule has 0 saturated heterocycles. The molecule has 0 radical (unpaired) electrons. The number of hydrogen-bond acceptors (Lipinski definition) is 7. The second kappa shape index (κ2) is 7.09. The second-order valence-electron chi connectivity index (χ2n) is 3.91. The Morgan fingerprint density at radius 1 is 1.48 bits per heavy atom. The number of amides is 1. The van der Waals surface area contributed by atoms with Gasteiger partial charge >= 0.3 is 5.97 Å². The van der Waals surface area contributed by atoms with Crippen LogP contribution >= 0.6 is 23.1 Å². The third kappa shape index (κ3) is 3.96. The van der Waals surface area contributed by atoms with E-state index < -0.39 is 5.97 Å². The summed E-state index contributed by atoms with van der Waals surface area (Å²) in [5.41, 5.74) is 6.74. The lowest BCUT2D eigenvalue weighted by atomic mass is 10.4. The third-order valence-electron chi connectivity index (χ3n) is 2.48. The molecule has 0 fully saturated rings. The first-order valence-corrected chi connectivity index (χ1v) is 7.76. The molecule has 2 rings (SSSR count). The highest BCUT2D eigenvalue weighted by Gasteiger charge is 2.15. The molecule has 0 aliphatic heterocycles. The minimum absolute atomic E-state index is 0.185. The smallest absolute Gasteiger partial charge is 0.350 e. The average Bonchev–Trinajstić information content (AvgIpc) is 2.93. The zero-order valence-corrected chi connectivity index (χ0v) is 12.8. The summed E-state index contributed by atoms with van der Waals surface area (Å²) in [7, 11) is 1.30. The van der Waals surface area contributed by atoms with E-state index in [1.54, 1.807) is 23.7 Å². The minimum Gasteiger partial charge on any atom is -0.465 e. The fourth-order valence-corrected chi connectivity index (χ4v) is 3.01. The Balaban J connectivity index is 1.95. The van der Waals surface area contributed by atoms with Gasteiger partial charge in [0.2, 0.25) is 5.91 Å². The third-order valence-corrected chi connectivity index (χ3v) is 4.46. The molecule has 2 heterocycles. The molecule has 0 aliphatic rings. The van der Waals surface area contributed by atoms with Crippen molar-refractivity contribution >= 4 is 46.3 Å². The number of nitrogen functional groups attached to an aromatic ring is 1. The quantitative estimate of drug-likeness (QED) is 0.647. The minimum atomic E-state index is -0.466. The Labute approximate surface area is 129 Å². The van der Waals surface area contributed by atoms with Crippen molar-refractivity contribution in [3.8, 4) is 0 Å². The van der Waals surface area contributed by atoms with Gasteiger partial charge in [0.15, 0.2) is 0 Å². The van der Waals surface area contributed by atoms with Gasteiger partial charge in [-0.3, -0.25) is 9.78 Å². The first-order valence-electron chi connectivity index (χ1n) is 5.89. The monoisotopic (exact) mass is 323 g/mol. The Morgan fingerprint density at radius 3 is 3.00 bits per heavy atom. The summed E-state index contributed by atoms with van der Waals surface area (Å²) in [4.78, 5) is 28.5. The van der Waals surface area contributed by atoms with Crippen molar-refractivity contribution < 1.29 is 14.3 Å². The van der Waals surface area contributed by atoms with E-state index in [1.165, 1.54) is 36.4 Å². The molecular formula is C13H13N3O3S2. The zero-order chi connectivity index (χ0) is 15.2. The van der Waals surface area contributed by atoms with Crippen LogP contribution in [0.5, 0.6) is 0 Å². The van der Waals surface area contributed by atoms with Gasteiger partial charge in [-0.05, 0) is 17.5 Å². The number of thioether (sulfide) groups is 1. The lowest BCUT2D eigenvalue weighted by Gasteiger charge is -2.06. The van der Waals surface area contributed by atoms with E-state index in [2.05, 4.69) is 15.0 Å². The number of ether oxygens (including phenoxy) is 1. The fourth-order valence-electron chi connectivity index (χ4n) is 1.51. The number of esters is 1. The van der Waals surface area contributed by atoms with Gasteiger partial charge in [-0.1, -0.05) is 0 Å². The van der Waals surface area contributed by atoms with Gasteiger partial charge in [-0.15, -0.1) is 23.1 Å². The number of nitrogens with zero attached hydrogens (tertiary/aromatic N) is 1. The Morgan fingerprint density at radius 2 is 2.29 bits per heavy atom. The Hall–Kier alpha value is -2.06. The number of nitrogens with one attached hydrogen (secondary N) is 1. The molecule has 0 aliphatic carbocycles. The van der Waals surface area contributed by atoms with Gasteiger partial charge in [0.05, 0.1) is 30.4 Å². The molecule has 1 amide bonds. The number of carbonyl (C=O) groups is 2. The summed E-state index contributed by atoms with van der Waals surface area (Å²) in [6, 6.07) is 3.41. The summed E-state index contributed by atoms with van der Waals surface area (Å²) >= 11 is 2.52. The molecule has 3 N–H and O–H groups in total. The average molecular weight is 323 g/mol. The van der Waals surface area contributed by atoms with E-state index in [-0.39, 0.29) is 11.7 Å². The zero-order valence-electron chi connectivity index (χ0n) is 11.2. The van der Waals surface area contributed by atoms with Crippen LogP contribution in [0.3, 0.4) is 0 Å². The molecule has 0 atom stereocenters. The highest BCUT2D eigenvalue weighted by atomic mass is 32.2. The lowest BCUT2D eigenvalue weighted by molar-refractivity contribution is -0.113. The second-order valence-corrected chi connectivity index (χ2v) is 5.84. The van der Waals surface area contributed by atoms with Crippen molar-refractivity contribution in [2.75, 3.05) is 23.9 Å². The maximum atomic E-state index is 11.9. The summed E-state index contributed by atoms with van der Waals surface area (Å²) in [6.45, 7) is 0. The number of anilines is 2. The van der Waals surface area contributed by atoms with Gasteiger partial charge < -0.3 is 15.8 Å². The topological polar surface area (TPSA) is 94.3 Å². The van der Waals surface area contributed by atoms with Crippen LogP contribution < -0.4 is 11.1 Å². The van der Waals surface area contributed by atoms with Crippen LogP contribution in [0.4, 0.5) is 11.4 Å². The van der Waals surface area contributed by atoms with Crippen LogP contribution in [0.15, 0.2) is 34.8 Å². The normalized spacial score (nSPS) is 10.1. The molecule has 0 aromatic carbocycles. The number of thiophene rings is 1. The number of carbonyl (C=O) groups excluding carboxylic acids is 2. The molecule has 6 nitrogen and oxygen atoms in total. The predicted octanol–water partition coefficient (Wildman–Crippen LogP) is 2.24. The maximum absolute atomic E-state index is 11.9. The van der Waals surface area contributed by atoms with Crippen molar-refractivity contribution in [1.29, 1.82) is 0 Å².